The number of furan rings is 1. The zero-order valence-electron chi connectivity index (χ0n) is 11.0. The predicted octanol–water partition coefficient (Wildman–Crippen LogP) is 2.57. The average Bonchev–Trinajstić information content (AvgIpc) is 3.02. The zero-order valence-corrected chi connectivity index (χ0v) is 11.0. The van der Waals surface area contributed by atoms with E-state index < -0.39 is 0 Å². The molecule has 1 amide bonds. The summed E-state index contributed by atoms with van der Waals surface area (Å²) in [7, 11) is 0. The van der Waals surface area contributed by atoms with Crippen molar-refractivity contribution in [3.05, 3.63) is 60.5 Å². The van der Waals surface area contributed by atoms with Crippen molar-refractivity contribution in [1.82, 2.24) is 9.97 Å². The van der Waals surface area contributed by atoms with E-state index in [0.717, 1.165) is 0 Å². The SMILES string of the molecule is Nc1nc(-c2ccco2)ncc1C(=O)Nc1ccccc1. The molecule has 3 rings (SSSR count). The molecule has 2 aromatic heterocycles. The number of hydrogen-bond acceptors (Lipinski definition) is 5. The molecule has 6 nitrogen and oxygen atoms in total. The Morgan fingerprint density at radius 3 is 2.62 bits per heavy atom. The molecule has 6 heteroatoms. The standard InChI is InChI=1S/C15H12N4O2/c16-13-11(15(20)18-10-5-2-1-3-6-10)9-17-14(19-13)12-7-4-8-21-12/h1-9H,(H,18,20)(H2,16,17,19). The van der Waals surface area contributed by atoms with Gasteiger partial charge in [0.25, 0.3) is 5.91 Å². The second kappa shape index (κ2) is 5.46. The molecule has 3 aromatic rings. The highest BCUT2D eigenvalue weighted by Gasteiger charge is 2.14. The van der Waals surface area contributed by atoms with E-state index in [0.29, 0.717) is 17.3 Å². The van der Waals surface area contributed by atoms with E-state index in [1.165, 1.54) is 12.5 Å². The molecular formula is C15H12N4O2. The minimum atomic E-state index is -0.357. The molecule has 0 aliphatic carbocycles. The van der Waals surface area contributed by atoms with E-state index in [-0.39, 0.29) is 17.3 Å². The Balaban J connectivity index is 1.84. The van der Waals surface area contributed by atoms with Gasteiger partial charge in [-0.1, -0.05) is 18.2 Å². The maximum atomic E-state index is 12.1. The highest BCUT2D eigenvalue weighted by atomic mass is 16.3. The Bertz CT molecular complexity index is 755. The number of anilines is 2. The van der Waals surface area contributed by atoms with Gasteiger partial charge in [0.05, 0.1) is 6.26 Å². The second-order valence-electron chi connectivity index (χ2n) is 4.29. The van der Waals surface area contributed by atoms with E-state index in [9.17, 15) is 4.79 Å². The lowest BCUT2D eigenvalue weighted by atomic mass is 10.2. The fourth-order valence-electron chi connectivity index (χ4n) is 1.81. The summed E-state index contributed by atoms with van der Waals surface area (Å²) < 4.78 is 5.19. The molecule has 0 fully saturated rings. The summed E-state index contributed by atoms with van der Waals surface area (Å²) in [6.45, 7) is 0. The molecule has 0 aliphatic heterocycles. The highest BCUT2D eigenvalue weighted by Crippen LogP contribution is 2.18. The number of hydrogen-bond donors (Lipinski definition) is 2. The van der Waals surface area contributed by atoms with Gasteiger partial charge in [-0.2, -0.15) is 0 Å². The molecule has 3 N–H and O–H groups in total. The number of nitrogen functional groups attached to an aromatic ring is 1. The summed E-state index contributed by atoms with van der Waals surface area (Å²) in [6, 6.07) is 12.5. The van der Waals surface area contributed by atoms with Crippen LogP contribution in [0.5, 0.6) is 0 Å². The molecule has 0 bridgehead atoms. The van der Waals surface area contributed by atoms with Crippen molar-refractivity contribution < 1.29 is 9.21 Å². The first-order chi connectivity index (χ1) is 10.2. The Labute approximate surface area is 120 Å². The van der Waals surface area contributed by atoms with Crippen LogP contribution in [-0.2, 0) is 0 Å². The first-order valence-corrected chi connectivity index (χ1v) is 6.27. The summed E-state index contributed by atoms with van der Waals surface area (Å²) in [6.07, 6.45) is 2.91. The minimum absolute atomic E-state index is 0.102. The van der Waals surface area contributed by atoms with Crippen LogP contribution in [0.2, 0.25) is 0 Å². The largest absolute Gasteiger partial charge is 0.461 e. The monoisotopic (exact) mass is 280 g/mol. The Morgan fingerprint density at radius 1 is 1.14 bits per heavy atom. The summed E-state index contributed by atoms with van der Waals surface area (Å²) in [5.74, 6) is 0.583. The van der Waals surface area contributed by atoms with Crippen molar-refractivity contribution in [2.24, 2.45) is 0 Å². The maximum absolute atomic E-state index is 12.1. The molecule has 0 radical (unpaired) electrons. The van der Waals surface area contributed by atoms with E-state index in [2.05, 4.69) is 15.3 Å². The third-order valence-corrected chi connectivity index (χ3v) is 2.84. The lowest BCUT2D eigenvalue weighted by molar-refractivity contribution is 0.102. The van der Waals surface area contributed by atoms with Crippen LogP contribution in [0.3, 0.4) is 0 Å². The minimum Gasteiger partial charge on any atom is -0.461 e. The highest BCUT2D eigenvalue weighted by molar-refractivity contribution is 6.07. The number of benzene rings is 1. The number of nitrogens with zero attached hydrogens (tertiary/aromatic N) is 2. The summed E-state index contributed by atoms with van der Waals surface area (Å²) in [5, 5.41) is 2.73. The second-order valence-corrected chi connectivity index (χ2v) is 4.29. The quantitative estimate of drug-likeness (QED) is 0.769. The lowest BCUT2D eigenvalue weighted by Gasteiger charge is -2.07. The molecule has 0 aliphatic rings. The molecule has 0 atom stereocenters. The molecule has 1 aromatic carbocycles. The summed E-state index contributed by atoms with van der Waals surface area (Å²) >= 11 is 0. The van der Waals surface area contributed by atoms with Gasteiger partial charge in [-0.25, -0.2) is 9.97 Å². The van der Waals surface area contributed by atoms with Gasteiger partial charge in [-0.15, -0.1) is 0 Å². The van der Waals surface area contributed by atoms with Crippen LogP contribution >= 0.6 is 0 Å². The molecule has 0 spiro atoms. The first-order valence-electron chi connectivity index (χ1n) is 6.27. The van der Waals surface area contributed by atoms with Crippen LogP contribution in [-0.4, -0.2) is 15.9 Å². The van der Waals surface area contributed by atoms with Gasteiger partial charge in [0.1, 0.15) is 11.4 Å². The molecule has 0 unspecified atom stereocenters. The van der Waals surface area contributed by atoms with Gasteiger partial charge in [0, 0.05) is 11.9 Å². The van der Waals surface area contributed by atoms with Gasteiger partial charge in [-0.05, 0) is 24.3 Å². The Morgan fingerprint density at radius 2 is 1.95 bits per heavy atom. The van der Waals surface area contributed by atoms with E-state index >= 15 is 0 Å². The van der Waals surface area contributed by atoms with Gasteiger partial charge < -0.3 is 15.5 Å². The van der Waals surface area contributed by atoms with Crippen molar-refractivity contribution in [2.75, 3.05) is 11.1 Å². The van der Waals surface area contributed by atoms with Gasteiger partial charge in [0.15, 0.2) is 11.6 Å². The maximum Gasteiger partial charge on any atom is 0.260 e. The van der Waals surface area contributed by atoms with Gasteiger partial charge in [0.2, 0.25) is 0 Å². The van der Waals surface area contributed by atoms with Crippen molar-refractivity contribution in [3.8, 4) is 11.6 Å². The normalized spacial score (nSPS) is 10.3. The number of amides is 1. The van der Waals surface area contributed by atoms with Crippen LogP contribution in [0.15, 0.2) is 59.3 Å². The fourth-order valence-corrected chi connectivity index (χ4v) is 1.81. The fraction of sp³-hybridized carbons (Fsp3) is 0. The number of aromatic nitrogens is 2. The molecule has 104 valence electrons. The molecule has 2 heterocycles. The third kappa shape index (κ3) is 2.74. The first kappa shape index (κ1) is 12.9. The van der Waals surface area contributed by atoms with Crippen LogP contribution in [0.1, 0.15) is 10.4 Å². The Hall–Kier alpha value is -3.15. The average molecular weight is 280 g/mol. The number of rotatable bonds is 3. The van der Waals surface area contributed by atoms with Crippen molar-refractivity contribution >= 4 is 17.4 Å². The lowest BCUT2D eigenvalue weighted by Crippen LogP contribution is -2.15. The van der Waals surface area contributed by atoms with Crippen molar-refractivity contribution in [2.45, 2.75) is 0 Å². The van der Waals surface area contributed by atoms with Crippen LogP contribution in [0, 0.1) is 0 Å². The van der Waals surface area contributed by atoms with Crippen molar-refractivity contribution in [1.29, 1.82) is 0 Å². The van der Waals surface area contributed by atoms with Crippen LogP contribution < -0.4 is 11.1 Å². The molecule has 21 heavy (non-hydrogen) atoms. The third-order valence-electron chi connectivity index (χ3n) is 2.84. The zero-order chi connectivity index (χ0) is 14.7. The topological polar surface area (TPSA) is 94.0 Å². The van der Waals surface area contributed by atoms with Gasteiger partial charge >= 0.3 is 0 Å². The Kier molecular flexibility index (Phi) is 3.34. The number of carbonyl (C=O) groups excluding carboxylic acids is 1. The molecule has 0 saturated heterocycles. The molecular weight excluding hydrogens is 268 g/mol. The van der Waals surface area contributed by atoms with Crippen LogP contribution in [0.4, 0.5) is 11.5 Å². The smallest absolute Gasteiger partial charge is 0.260 e. The number of para-hydroxylation sites is 1. The number of nitrogens with two attached hydrogens (primary N) is 1. The molecule has 0 saturated carbocycles. The summed E-state index contributed by atoms with van der Waals surface area (Å²) in [5.41, 5.74) is 6.72. The van der Waals surface area contributed by atoms with Crippen molar-refractivity contribution in [3.63, 3.8) is 0 Å². The number of nitrogens with one attached hydrogen (secondary N) is 1. The van der Waals surface area contributed by atoms with E-state index in [4.69, 9.17) is 10.2 Å². The van der Waals surface area contributed by atoms with E-state index in [1.54, 1.807) is 24.3 Å². The van der Waals surface area contributed by atoms with Gasteiger partial charge in [-0.3, -0.25) is 4.79 Å². The van der Waals surface area contributed by atoms with Crippen LogP contribution in [0.25, 0.3) is 11.6 Å². The summed E-state index contributed by atoms with van der Waals surface area (Å²) in [4.78, 5) is 20.3. The number of carbonyl (C=O) groups is 1. The predicted molar refractivity (Wildman–Crippen MR) is 78.5 cm³/mol. The van der Waals surface area contributed by atoms with E-state index in [1.807, 2.05) is 18.2 Å².